The van der Waals surface area contributed by atoms with E-state index in [4.69, 9.17) is 0 Å². The minimum atomic E-state index is 0.634. The van der Waals surface area contributed by atoms with Crippen molar-refractivity contribution in [2.75, 3.05) is 38.6 Å². The lowest BCUT2D eigenvalue weighted by Crippen LogP contribution is -2.45. The number of benzene rings is 1. The van der Waals surface area contributed by atoms with Crippen molar-refractivity contribution in [3.05, 3.63) is 29.8 Å². The van der Waals surface area contributed by atoms with Crippen molar-refractivity contribution in [2.45, 2.75) is 39.3 Å². The monoisotopic (exact) mass is 289 g/mol. The lowest BCUT2D eigenvalue weighted by atomic mass is 10.0. The van der Waals surface area contributed by atoms with Crippen LogP contribution < -0.4 is 10.2 Å². The van der Waals surface area contributed by atoms with Crippen LogP contribution in [0.1, 0.15) is 32.3 Å². The Morgan fingerprint density at radius 1 is 1.33 bits per heavy atom. The topological polar surface area (TPSA) is 18.5 Å². The number of para-hydroxylation sites is 1. The lowest BCUT2D eigenvalue weighted by molar-refractivity contribution is 0.248. The van der Waals surface area contributed by atoms with Gasteiger partial charge in [-0.2, -0.15) is 0 Å². The van der Waals surface area contributed by atoms with Crippen LogP contribution in [0.25, 0.3) is 0 Å². The van der Waals surface area contributed by atoms with Gasteiger partial charge in [-0.3, -0.25) is 0 Å². The molecular formula is C18H31N3. The molecule has 1 aliphatic heterocycles. The summed E-state index contributed by atoms with van der Waals surface area (Å²) in [5.41, 5.74) is 2.79. The normalized spacial score (nSPS) is 20.0. The first-order valence-electron chi connectivity index (χ1n) is 8.28. The predicted octanol–water partition coefficient (Wildman–Crippen LogP) is 2.96. The second kappa shape index (κ2) is 7.81. The van der Waals surface area contributed by atoms with Crippen LogP contribution in [0.4, 0.5) is 5.69 Å². The van der Waals surface area contributed by atoms with Gasteiger partial charge in [0.15, 0.2) is 0 Å². The first kappa shape index (κ1) is 16.3. The summed E-state index contributed by atoms with van der Waals surface area (Å²) in [5, 5.41) is 3.57. The first-order chi connectivity index (χ1) is 10.1. The number of nitrogens with zero attached hydrogens (tertiary/aromatic N) is 2. The summed E-state index contributed by atoms with van der Waals surface area (Å²) in [5.74, 6) is 0.696. The minimum absolute atomic E-state index is 0.634. The maximum absolute atomic E-state index is 3.57. The Bertz CT molecular complexity index is 430. The SMILES string of the molecule is CC(C)CNCc1ccccc1N(C)C1CCCN(C)C1. The molecule has 1 aliphatic rings. The summed E-state index contributed by atoms with van der Waals surface area (Å²) in [6, 6.07) is 9.46. The van der Waals surface area contributed by atoms with Gasteiger partial charge < -0.3 is 15.1 Å². The number of hydrogen-bond donors (Lipinski definition) is 1. The van der Waals surface area contributed by atoms with Crippen molar-refractivity contribution in [3.63, 3.8) is 0 Å². The highest BCUT2D eigenvalue weighted by Gasteiger charge is 2.22. The standard InChI is InChI=1S/C18H31N3/c1-15(2)12-19-13-16-8-5-6-10-18(16)21(4)17-9-7-11-20(3)14-17/h5-6,8,10,15,17,19H,7,9,11-14H2,1-4H3. The second-order valence-corrected chi connectivity index (χ2v) is 6.82. The molecule has 1 unspecified atom stereocenters. The number of hydrogen-bond acceptors (Lipinski definition) is 3. The fourth-order valence-corrected chi connectivity index (χ4v) is 3.15. The van der Waals surface area contributed by atoms with Gasteiger partial charge in [-0.15, -0.1) is 0 Å². The van der Waals surface area contributed by atoms with E-state index in [0.717, 1.165) is 13.1 Å². The van der Waals surface area contributed by atoms with Crippen molar-refractivity contribution in [1.29, 1.82) is 0 Å². The maximum atomic E-state index is 3.57. The van der Waals surface area contributed by atoms with E-state index < -0.39 is 0 Å². The van der Waals surface area contributed by atoms with Gasteiger partial charge in [-0.05, 0) is 50.5 Å². The summed E-state index contributed by atoms with van der Waals surface area (Å²) in [6.45, 7) is 8.95. The van der Waals surface area contributed by atoms with Gasteiger partial charge >= 0.3 is 0 Å². The Morgan fingerprint density at radius 3 is 2.81 bits per heavy atom. The molecule has 1 heterocycles. The van der Waals surface area contributed by atoms with Gasteiger partial charge in [0, 0.05) is 31.9 Å². The van der Waals surface area contributed by atoms with Crippen molar-refractivity contribution in [3.8, 4) is 0 Å². The van der Waals surface area contributed by atoms with Gasteiger partial charge in [-0.25, -0.2) is 0 Å². The van der Waals surface area contributed by atoms with Crippen LogP contribution in [0, 0.1) is 5.92 Å². The van der Waals surface area contributed by atoms with Gasteiger partial charge in [0.1, 0.15) is 0 Å². The molecule has 0 spiro atoms. The fourth-order valence-electron chi connectivity index (χ4n) is 3.15. The number of likely N-dealkylation sites (N-methyl/N-ethyl adjacent to an activating group) is 2. The summed E-state index contributed by atoms with van der Waals surface area (Å²) >= 11 is 0. The van der Waals surface area contributed by atoms with Gasteiger partial charge in [0.05, 0.1) is 0 Å². The van der Waals surface area contributed by atoms with Crippen molar-refractivity contribution in [2.24, 2.45) is 5.92 Å². The molecule has 2 rings (SSSR count). The molecule has 1 saturated heterocycles. The Morgan fingerprint density at radius 2 is 2.10 bits per heavy atom. The molecule has 1 N–H and O–H groups in total. The summed E-state index contributed by atoms with van der Waals surface area (Å²) in [7, 11) is 4.49. The summed E-state index contributed by atoms with van der Waals surface area (Å²) in [6.07, 6.45) is 2.61. The number of nitrogens with one attached hydrogen (secondary N) is 1. The van der Waals surface area contributed by atoms with Crippen LogP contribution in [0.3, 0.4) is 0 Å². The predicted molar refractivity (Wildman–Crippen MR) is 91.9 cm³/mol. The number of rotatable bonds is 6. The Hall–Kier alpha value is -1.06. The van der Waals surface area contributed by atoms with E-state index in [0.29, 0.717) is 12.0 Å². The molecule has 0 saturated carbocycles. The largest absolute Gasteiger partial charge is 0.370 e. The van der Waals surface area contributed by atoms with E-state index in [2.05, 4.69) is 67.3 Å². The molecule has 1 aromatic carbocycles. The fraction of sp³-hybridized carbons (Fsp3) is 0.667. The Kier molecular flexibility index (Phi) is 6.07. The van der Waals surface area contributed by atoms with E-state index in [1.807, 2.05) is 0 Å². The van der Waals surface area contributed by atoms with Crippen molar-refractivity contribution < 1.29 is 0 Å². The highest BCUT2D eigenvalue weighted by atomic mass is 15.2. The smallest absolute Gasteiger partial charge is 0.0414 e. The average Bonchev–Trinajstić information content (AvgIpc) is 2.47. The third kappa shape index (κ3) is 4.72. The van der Waals surface area contributed by atoms with Gasteiger partial charge in [-0.1, -0.05) is 32.0 Å². The molecule has 0 radical (unpaired) electrons. The van der Waals surface area contributed by atoms with Gasteiger partial charge in [0.2, 0.25) is 0 Å². The summed E-state index contributed by atoms with van der Waals surface area (Å²) in [4.78, 5) is 4.94. The highest BCUT2D eigenvalue weighted by Crippen LogP contribution is 2.24. The molecule has 3 heteroatoms. The minimum Gasteiger partial charge on any atom is -0.370 e. The van der Waals surface area contributed by atoms with Crippen molar-refractivity contribution >= 4 is 5.69 Å². The molecule has 0 bridgehead atoms. The van der Waals surface area contributed by atoms with Crippen LogP contribution in [-0.4, -0.2) is 44.7 Å². The molecule has 1 atom stereocenters. The zero-order chi connectivity index (χ0) is 15.2. The third-order valence-electron chi connectivity index (χ3n) is 4.39. The molecule has 21 heavy (non-hydrogen) atoms. The van der Waals surface area contributed by atoms with E-state index in [-0.39, 0.29) is 0 Å². The molecule has 3 nitrogen and oxygen atoms in total. The van der Waals surface area contributed by atoms with Crippen LogP contribution in [0.15, 0.2) is 24.3 Å². The highest BCUT2D eigenvalue weighted by molar-refractivity contribution is 5.54. The third-order valence-corrected chi connectivity index (χ3v) is 4.39. The Labute approximate surface area is 130 Å². The van der Waals surface area contributed by atoms with Crippen LogP contribution in [0.2, 0.25) is 0 Å². The molecular weight excluding hydrogens is 258 g/mol. The van der Waals surface area contributed by atoms with Crippen LogP contribution in [0.5, 0.6) is 0 Å². The molecule has 118 valence electrons. The Balaban J connectivity index is 2.03. The lowest BCUT2D eigenvalue weighted by Gasteiger charge is -2.38. The number of likely N-dealkylation sites (tertiary alicyclic amines) is 1. The second-order valence-electron chi connectivity index (χ2n) is 6.82. The zero-order valence-corrected chi connectivity index (χ0v) is 14.1. The zero-order valence-electron chi connectivity index (χ0n) is 14.1. The molecule has 0 amide bonds. The van der Waals surface area contributed by atoms with Gasteiger partial charge in [0.25, 0.3) is 0 Å². The molecule has 0 aromatic heterocycles. The van der Waals surface area contributed by atoms with E-state index in [1.165, 1.54) is 37.2 Å². The quantitative estimate of drug-likeness (QED) is 0.868. The van der Waals surface area contributed by atoms with E-state index >= 15 is 0 Å². The molecule has 0 aliphatic carbocycles. The van der Waals surface area contributed by atoms with Crippen LogP contribution in [-0.2, 0) is 6.54 Å². The van der Waals surface area contributed by atoms with Crippen LogP contribution >= 0.6 is 0 Å². The molecule has 1 fully saturated rings. The first-order valence-corrected chi connectivity index (χ1v) is 8.28. The van der Waals surface area contributed by atoms with Crippen molar-refractivity contribution in [1.82, 2.24) is 10.2 Å². The van der Waals surface area contributed by atoms with E-state index in [9.17, 15) is 0 Å². The maximum Gasteiger partial charge on any atom is 0.0414 e. The number of anilines is 1. The van der Waals surface area contributed by atoms with E-state index in [1.54, 1.807) is 0 Å². The summed E-state index contributed by atoms with van der Waals surface area (Å²) < 4.78 is 0. The molecule has 1 aromatic rings. The average molecular weight is 289 g/mol. The number of piperidine rings is 1.